The average molecular weight is 397 g/mol. The summed E-state index contributed by atoms with van der Waals surface area (Å²) < 4.78 is 0. The van der Waals surface area contributed by atoms with Gasteiger partial charge in [0.05, 0.1) is 11.3 Å². The summed E-state index contributed by atoms with van der Waals surface area (Å²) in [6, 6.07) is 13.2. The number of hydrogen-bond donors (Lipinski definition) is 1. The SMILES string of the molecule is CCCNC(=O)[C@H](C)N(Cc1cccc(C)c1)C(=O)Cc1ccccc1[N+](=O)[O-]. The van der Waals surface area contributed by atoms with E-state index in [0.29, 0.717) is 12.1 Å². The van der Waals surface area contributed by atoms with Crippen molar-refractivity contribution in [2.45, 2.75) is 46.2 Å². The summed E-state index contributed by atoms with van der Waals surface area (Å²) in [5.74, 6) is -0.574. The molecule has 0 aromatic heterocycles. The molecule has 0 aliphatic rings. The highest BCUT2D eigenvalue weighted by Crippen LogP contribution is 2.20. The lowest BCUT2D eigenvalue weighted by Crippen LogP contribution is -2.48. The topological polar surface area (TPSA) is 92.6 Å². The molecule has 2 amide bonds. The van der Waals surface area contributed by atoms with E-state index in [1.807, 2.05) is 38.1 Å². The number of para-hydroxylation sites is 1. The van der Waals surface area contributed by atoms with E-state index in [2.05, 4.69) is 5.32 Å². The molecular weight excluding hydrogens is 370 g/mol. The molecule has 0 fully saturated rings. The molecule has 0 spiro atoms. The van der Waals surface area contributed by atoms with Crippen LogP contribution in [0.1, 0.15) is 37.0 Å². The molecule has 2 aromatic carbocycles. The molecule has 7 nitrogen and oxygen atoms in total. The van der Waals surface area contributed by atoms with Crippen molar-refractivity contribution in [1.82, 2.24) is 10.2 Å². The third-order valence-corrected chi connectivity index (χ3v) is 4.68. The van der Waals surface area contributed by atoms with Crippen molar-refractivity contribution in [3.05, 3.63) is 75.3 Å². The minimum Gasteiger partial charge on any atom is -0.354 e. The summed E-state index contributed by atoms with van der Waals surface area (Å²) in [6.45, 7) is 6.37. The smallest absolute Gasteiger partial charge is 0.273 e. The number of nitro groups is 1. The maximum Gasteiger partial charge on any atom is 0.273 e. The van der Waals surface area contributed by atoms with Gasteiger partial charge in [0.15, 0.2) is 0 Å². The number of aryl methyl sites for hydroxylation is 1. The first-order chi connectivity index (χ1) is 13.8. The number of nitrogens with one attached hydrogen (secondary N) is 1. The zero-order valence-electron chi connectivity index (χ0n) is 17.1. The van der Waals surface area contributed by atoms with Crippen LogP contribution in [-0.4, -0.2) is 34.2 Å². The molecule has 0 heterocycles. The summed E-state index contributed by atoms with van der Waals surface area (Å²) >= 11 is 0. The van der Waals surface area contributed by atoms with Gasteiger partial charge in [0.2, 0.25) is 11.8 Å². The molecule has 0 bridgehead atoms. The van der Waals surface area contributed by atoms with Crippen molar-refractivity contribution in [1.29, 1.82) is 0 Å². The van der Waals surface area contributed by atoms with Crippen molar-refractivity contribution in [2.75, 3.05) is 6.54 Å². The summed E-state index contributed by atoms with van der Waals surface area (Å²) in [5, 5.41) is 14.1. The lowest BCUT2D eigenvalue weighted by molar-refractivity contribution is -0.385. The van der Waals surface area contributed by atoms with E-state index >= 15 is 0 Å². The predicted octanol–water partition coefficient (Wildman–Crippen LogP) is 3.39. The minimum atomic E-state index is -0.697. The van der Waals surface area contributed by atoms with Crippen LogP contribution in [0, 0.1) is 17.0 Å². The van der Waals surface area contributed by atoms with Gasteiger partial charge in [-0.3, -0.25) is 19.7 Å². The van der Waals surface area contributed by atoms with Gasteiger partial charge < -0.3 is 10.2 Å². The first-order valence-corrected chi connectivity index (χ1v) is 9.68. The van der Waals surface area contributed by atoms with Crippen LogP contribution in [0.2, 0.25) is 0 Å². The summed E-state index contributed by atoms with van der Waals surface area (Å²) in [7, 11) is 0. The van der Waals surface area contributed by atoms with Crippen molar-refractivity contribution >= 4 is 17.5 Å². The molecule has 0 aliphatic carbocycles. The molecule has 0 unspecified atom stereocenters. The molecule has 2 aromatic rings. The predicted molar refractivity (Wildman–Crippen MR) is 111 cm³/mol. The third-order valence-electron chi connectivity index (χ3n) is 4.68. The summed E-state index contributed by atoms with van der Waals surface area (Å²) in [6.07, 6.45) is 0.648. The lowest BCUT2D eigenvalue weighted by Gasteiger charge is -2.29. The van der Waals surface area contributed by atoms with Gasteiger partial charge >= 0.3 is 0 Å². The van der Waals surface area contributed by atoms with Crippen LogP contribution in [0.25, 0.3) is 0 Å². The number of nitrogens with zero attached hydrogens (tertiary/aromatic N) is 2. The molecule has 1 atom stereocenters. The first kappa shape index (κ1) is 22.1. The number of carbonyl (C=O) groups excluding carboxylic acids is 2. The number of rotatable bonds is 9. The van der Waals surface area contributed by atoms with E-state index < -0.39 is 11.0 Å². The number of benzene rings is 2. The molecule has 7 heteroatoms. The van der Waals surface area contributed by atoms with Gasteiger partial charge in [-0.2, -0.15) is 0 Å². The molecule has 0 radical (unpaired) electrons. The average Bonchev–Trinajstić information content (AvgIpc) is 2.69. The number of amides is 2. The van der Waals surface area contributed by atoms with Gasteiger partial charge in [-0.05, 0) is 25.8 Å². The van der Waals surface area contributed by atoms with Gasteiger partial charge in [-0.25, -0.2) is 0 Å². The highest BCUT2D eigenvalue weighted by Gasteiger charge is 2.27. The summed E-state index contributed by atoms with van der Waals surface area (Å²) in [4.78, 5) is 37.9. The Morgan fingerprint density at radius 2 is 1.90 bits per heavy atom. The van der Waals surface area contributed by atoms with Gasteiger partial charge in [-0.15, -0.1) is 0 Å². The van der Waals surface area contributed by atoms with E-state index in [-0.39, 0.29) is 30.5 Å². The Morgan fingerprint density at radius 3 is 2.55 bits per heavy atom. The molecule has 154 valence electrons. The van der Waals surface area contributed by atoms with E-state index in [1.54, 1.807) is 25.1 Å². The highest BCUT2D eigenvalue weighted by atomic mass is 16.6. The maximum atomic E-state index is 13.1. The van der Waals surface area contributed by atoms with Crippen molar-refractivity contribution in [3.63, 3.8) is 0 Å². The fraction of sp³-hybridized carbons (Fsp3) is 0.364. The zero-order chi connectivity index (χ0) is 21.4. The fourth-order valence-corrected chi connectivity index (χ4v) is 3.09. The third kappa shape index (κ3) is 6.14. The van der Waals surface area contributed by atoms with Crippen molar-refractivity contribution < 1.29 is 14.5 Å². The summed E-state index contributed by atoms with van der Waals surface area (Å²) in [5.41, 5.74) is 2.19. The Kier molecular flexibility index (Phi) is 7.88. The van der Waals surface area contributed by atoms with Crippen LogP contribution in [-0.2, 0) is 22.6 Å². The first-order valence-electron chi connectivity index (χ1n) is 9.68. The van der Waals surface area contributed by atoms with E-state index in [9.17, 15) is 19.7 Å². The standard InChI is InChI=1S/C22H27N3O4/c1-4-12-23-22(27)17(3)24(15-18-9-7-8-16(2)13-18)21(26)14-19-10-5-6-11-20(19)25(28)29/h5-11,13,17H,4,12,14-15H2,1-3H3,(H,23,27)/t17-/m0/s1. The van der Waals surface area contributed by atoms with E-state index in [1.165, 1.54) is 11.0 Å². The number of nitro benzene ring substituents is 1. The van der Waals surface area contributed by atoms with Crippen LogP contribution >= 0.6 is 0 Å². The molecule has 0 saturated carbocycles. The second kappa shape index (κ2) is 10.4. The van der Waals surface area contributed by atoms with Crippen LogP contribution in [0.3, 0.4) is 0 Å². The zero-order valence-corrected chi connectivity index (χ0v) is 17.1. The van der Waals surface area contributed by atoms with E-state index in [0.717, 1.165) is 17.5 Å². The van der Waals surface area contributed by atoms with Gasteiger partial charge in [0.25, 0.3) is 5.69 Å². The Bertz CT molecular complexity index is 882. The molecular formula is C22H27N3O4. The lowest BCUT2D eigenvalue weighted by atomic mass is 10.1. The maximum absolute atomic E-state index is 13.1. The fourth-order valence-electron chi connectivity index (χ4n) is 3.09. The van der Waals surface area contributed by atoms with Crippen LogP contribution < -0.4 is 5.32 Å². The second-order valence-corrected chi connectivity index (χ2v) is 7.04. The normalized spacial score (nSPS) is 11.6. The van der Waals surface area contributed by atoms with Crippen LogP contribution in [0.5, 0.6) is 0 Å². The number of hydrogen-bond acceptors (Lipinski definition) is 4. The van der Waals surface area contributed by atoms with E-state index in [4.69, 9.17) is 0 Å². The Balaban J connectivity index is 2.29. The second-order valence-electron chi connectivity index (χ2n) is 7.04. The van der Waals surface area contributed by atoms with Crippen molar-refractivity contribution in [2.24, 2.45) is 0 Å². The highest BCUT2D eigenvalue weighted by molar-refractivity contribution is 5.88. The molecule has 0 saturated heterocycles. The largest absolute Gasteiger partial charge is 0.354 e. The van der Waals surface area contributed by atoms with Crippen molar-refractivity contribution in [3.8, 4) is 0 Å². The van der Waals surface area contributed by atoms with Crippen LogP contribution in [0.15, 0.2) is 48.5 Å². The minimum absolute atomic E-state index is 0.0977. The molecule has 2 rings (SSSR count). The quantitative estimate of drug-likeness (QED) is 0.518. The number of carbonyl (C=O) groups is 2. The Labute approximate surface area is 170 Å². The Hall–Kier alpha value is -3.22. The monoisotopic (exact) mass is 397 g/mol. The van der Waals surface area contributed by atoms with Gasteiger partial charge in [0, 0.05) is 24.7 Å². The van der Waals surface area contributed by atoms with Gasteiger partial charge in [-0.1, -0.05) is 55.0 Å². The molecule has 1 N–H and O–H groups in total. The Morgan fingerprint density at radius 1 is 1.17 bits per heavy atom. The molecule has 0 aliphatic heterocycles. The van der Waals surface area contributed by atoms with Gasteiger partial charge in [0.1, 0.15) is 6.04 Å². The van der Waals surface area contributed by atoms with Crippen LogP contribution in [0.4, 0.5) is 5.69 Å². The molecule has 29 heavy (non-hydrogen) atoms.